The van der Waals surface area contributed by atoms with Gasteiger partial charge < -0.3 is 15.2 Å². The number of rotatable bonds is 6. The minimum Gasteiger partial charge on any atom is -0.443 e. The molecule has 1 aliphatic heterocycles. The summed E-state index contributed by atoms with van der Waals surface area (Å²) in [6.07, 6.45) is -0.886. The van der Waals surface area contributed by atoms with E-state index in [1.165, 1.54) is 24.3 Å². The van der Waals surface area contributed by atoms with Gasteiger partial charge in [-0.25, -0.2) is 27.2 Å². The van der Waals surface area contributed by atoms with Gasteiger partial charge in [-0.2, -0.15) is 0 Å². The fraction of sp³-hybridized carbons (Fsp3) is 0.652. The van der Waals surface area contributed by atoms with E-state index in [1.807, 2.05) is 13.8 Å². The number of aliphatic hydroxyl groups excluding tert-OH is 1. The lowest BCUT2D eigenvalue weighted by molar-refractivity contribution is 0.0265. The molecule has 0 radical (unpaired) electrons. The van der Waals surface area contributed by atoms with E-state index < -0.39 is 39.9 Å². The molecule has 11 heteroatoms. The van der Waals surface area contributed by atoms with Crippen LogP contribution in [0.25, 0.3) is 0 Å². The molecule has 2 rings (SSSR count). The lowest BCUT2D eigenvalue weighted by Crippen LogP contribution is -2.57. The number of ether oxygens (including phenoxy) is 1. The minimum atomic E-state index is -4.47. The topological polar surface area (TPSA) is 116 Å². The maximum atomic E-state index is 13.9. The van der Waals surface area contributed by atoms with Crippen molar-refractivity contribution in [1.29, 1.82) is 0 Å². The first-order valence-corrected chi connectivity index (χ1v) is 13.3. The molecule has 2 N–H and O–H groups in total. The summed E-state index contributed by atoms with van der Waals surface area (Å²) in [6.45, 7) is 9.49. The van der Waals surface area contributed by atoms with Crippen molar-refractivity contribution < 1.29 is 27.9 Å². The van der Waals surface area contributed by atoms with Crippen LogP contribution in [-0.2, 0) is 14.8 Å². The largest absolute Gasteiger partial charge is 0.443 e. The number of hydrogen-bond donors (Lipinski definition) is 2. The predicted octanol–water partition coefficient (Wildman–Crippen LogP) is 3.85. The highest BCUT2D eigenvalue weighted by Crippen LogP contribution is 2.28. The zero-order chi connectivity index (χ0) is 25.7. The number of benzene rings is 1. The van der Waals surface area contributed by atoms with Crippen LogP contribution in [0.5, 0.6) is 0 Å². The number of carbonyl (C=O) groups excluding carboxylic acids is 2. The third-order valence-electron chi connectivity index (χ3n) is 5.27. The molecule has 2 atom stereocenters. The van der Waals surface area contributed by atoms with Crippen LogP contribution in [0, 0.1) is 5.92 Å². The highest BCUT2D eigenvalue weighted by molar-refractivity contribution is 7.89. The summed E-state index contributed by atoms with van der Waals surface area (Å²) in [7, 11) is -4.47. The molecule has 3 amide bonds. The summed E-state index contributed by atoms with van der Waals surface area (Å²) in [6, 6.07) is 3.43. The summed E-state index contributed by atoms with van der Waals surface area (Å²) in [5.74, 6) is 0.142. The number of urea groups is 1. The van der Waals surface area contributed by atoms with Gasteiger partial charge >= 0.3 is 12.1 Å². The molecule has 34 heavy (non-hydrogen) atoms. The number of halogens is 1. The molecule has 1 aromatic rings. The van der Waals surface area contributed by atoms with Crippen molar-refractivity contribution in [2.24, 2.45) is 5.92 Å². The summed E-state index contributed by atoms with van der Waals surface area (Å²) in [5, 5.41) is 14.0. The van der Waals surface area contributed by atoms with Crippen LogP contribution in [-0.4, -0.2) is 72.2 Å². The smallest absolute Gasteiger partial charge is 0.418 e. The van der Waals surface area contributed by atoms with Gasteiger partial charge in [0.05, 0.1) is 17.0 Å². The van der Waals surface area contributed by atoms with Crippen LogP contribution in [0.2, 0.25) is 5.02 Å². The highest BCUT2D eigenvalue weighted by Gasteiger charge is 2.44. The van der Waals surface area contributed by atoms with E-state index in [-0.39, 0.29) is 35.3 Å². The maximum Gasteiger partial charge on any atom is 0.418 e. The van der Waals surface area contributed by atoms with Crippen LogP contribution in [0.15, 0.2) is 29.2 Å². The Balaban J connectivity index is 2.59. The van der Waals surface area contributed by atoms with E-state index in [9.17, 15) is 23.1 Å². The molecule has 0 aromatic heterocycles. The molecule has 9 nitrogen and oxygen atoms in total. The monoisotopic (exact) mass is 517 g/mol. The Labute approximate surface area is 207 Å². The van der Waals surface area contributed by atoms with E-state index in [0.717, 1.165) is 4.90 Å². The standard InChI is InChI=1S/C23H36ClN3O6S/c1-16(2)11-13-26(22(30)33-23(3,4)5)21(29)27(19-10-7-12-25-15-20(19)28)34(31,32)18-9-6-8-17(24)14-18/h6,8-9,14,16,19-20,25,28H,7,10-13,15H2,1-5H3. The lowest BCUT2D eigenvalue weighted by Gasteiger charge is -2.36. The van der Waals surface area contributed by atoms with Crippen LogP contribution in [0.4, 0.5) is 9.59 Å². The SMILES string of the molecule is CC(C)CCN(C(=O)OC(C)(C)C)C(=O)N(C1CCCNCC1O)S(=O)(=O)c1cccc(Cl)c1. The normalized spacial score (nSPS) is 19.4. The molecule has 1 aromatic carbocycles. The first-order chi connectivity index (χ1) is 15.7. The number of carbonyl (C=O) groups is 2. The van der Waals surface area contributed by atoms with Gasteiger partial charge in [0, 0.05) is 18.1 Å². The first kappa shape index (κ1) is 28.4. The average Bonchev–Trinajstić information content (AvgIpc) is 2.91. The summed E-state index contributed by atoms with van der Waals surface area (Å²) >= 11 is 6.03. The zero-order valence-corrected chi connectivity index (χ0v) is 22.0. The molecule has 1 heterocycles. The molecule has 0 saturated carbocycles. The number of nitrogens with zero attached hydrogens (tertiary/aromatic N) is 2. The molecule has 2 unspecified atom stereocenters. The quantitative estimate of drug-likeness (QED) is 0.588. The zero-order valence-electron chi connectivity index (χ0n) is 20.5. The van der Waals surface area contributed by atoms with Gasteiger partial charge in [-0.3, -0.25) is 0 Å². The van der Waals surface area contributed by atoms with Gasteiger partial charge in [-0.1, -0.05) is 31.5 Å². The Hall–Kier alpha value is -1.88. The fourth-order valence-electron chi connectivity index (χ4n) is 3.54. The van der Waals surface area contributed by atoms with Gasteiger partial charge in [0.15, 0.2) is 0 Å². The summed E-state index contributed by atoms with van der Waals surface area (Å²) in [4.78, 5) is 27.5. The Bertz CT molecular complexity index is 964. The molecular weight excluding hydrogens is 482 g/mol. The lowest BCUT2D eigenvalue weighted by atomic mass is 10.1. The van der Waals surface area contributed by atoms with Crippen LogP contribution in [0.3, 0.4) is 0 Å². The third-order valence-corrected chi connectivity index (χ3v) is 7.30. The van der Waals surface area contributed by atoms with Crippen molar-refractivity contribution in [3.8, 4) is 0 Å². The Morgan fingerprint density at radius 1 is 1.29 bits per heavy atom. The van der Waals surface area contributed by atoms with Crippen molar-refractivity contribution in [2.45, 2.75) is 76.5 Å². The van der Waals surface area contributed by atoms with Crippen molar-refractivity contribution >= 4 is 33.7 Å². The second kappa shape index (κ2) is 11.7. The van der Waals surface area contributed by atoms with Crippen LogP contribution >= 0.6 is 11.6 Å². The number of amides is 3. The Morgan fingerprint density at radius 3 is 2.56 bits per heavy atom. The molecule has 0 spiro atoms. The molecule has 1 saturated heterocycles. The predicted molar refractivity (Wildman–Crippen MR) is 130 cm³/mol. The second-order valence-corrected chi connectivity index (χ2v) is 12.1. The van der Waals surface area contributed by atoms with Crippen molar-refractivity contribution in [3.63, 3.8) is 0 Å². The Kier molecular flexibility index (Phi) is 9.76. The number of nitrogens with one attached hydrogen (secondary N) is 1. The molecule has 192 valence electrons. The van der Waals surface area contributed by atoms with Gasteiger partial charge in [0.1, 0.15) is 5.60 Å². The first-order valence-electron chi connectivity index (χ1n) is 11.5. The van der Waals surface area contributed by atoms with Gasteiger partial charge in [0.2, 0.25) is 0 Å². The maximum absolute atomic E-state index is 13.9. The molecule has 1 aliphatic rings. The van der Waals surface area contributed by atoms with E-state index in [2.05, 4.69) is 5.32 Å². The van der Waals surface area contributed by atoms with Crippen molar-refractivity contribution in [1.82, 2.24) is 14.5 Å². The van der Waals surface area contributed by atoms with Gasteiger partial charge in [-0.05, 0) is 70.7 Å². The summed E-state index contributed by atoms with van der Waals surface area (Å²) in [5.41, 5.74) is -0.893. The number of sulfonamides is 1. The number of imide groups is 1. The van der Waals surface area contributed by atoms with E-state index >= 15 is 0 Å². The highest BCUT2D eigenvalue weighted by atomic mass is 35.5. The fourth-order valence-corrected chi connectivity index (χ4v) is 5.46. The van der Waals surface area contributed by atoms with Gasteiger partial charge in [-0.15, -0.1) is 0 Å². The van der Waals surface area contributed by atoms with Crippen LogP contribution in [0.1, 0.15) is 53.9 Å². The number of aliphatic hydroxyl groups is 1. The van der Waals surface area contributed by atoms with E-state index in [0.29, 0.717) is 23.7 Å². The molecule has 0 bridgehead atoms. The van der Waals surface area contributed by atoms with E-state index in [4.69, 9.17) is 16.3 Å². The molecular formula is C23H36ClN3O6S. The Morgan fingerprint density at radius 2 is 1.97 bits per heavy atom. The van der Waals surface area contributed by atoms with E-state index in [1.54, 1.807) is 20.8 Å². The summed E-state index contributed by atoms with van der Waals surface area (Å²) < 4.78 is 33.6. The van der Waals surface area contributed by atoms with Gasteiger partial charge in [0.25, 0.3) is 10.0 Å². The minimum absolute atomic E-state index is 0.0337. The van der Waals surface area contributed by atoms with Crippen LogP contribution < -0.4 is 5.32 Å². The number of hydrogen-bond acceptors (Lipinski definition) is 7. The van der Waals surface area contributed by atoms with Crippen molar-refractivity contribution in [3.05, 3.63) is 29.3 Å². The second-order valence-electron chi connectivity index (χ2n) is 9.84. The molecule has 1 fully saturated rings. The third kappa shape index (κ3) is 7.56. The molecule has 0 aliphatic carbocycles. The average molecular weight is 518 g/mol. The number of β-amino-alcohol motifs (C(OH)–C–C–N with tert-alkyl or cyclic N) is 1. The van der Waals surface area contributed by atoms with Crippen molar-refractivity contribution in [2.75, 3.05) is 19.6 Å².